The van der Waals surface area contributed by atoms with E-state index in [9.17, 15) is 14.3 Å². The fraction of sp³-hybridized carbons (Fsp3) is 0.318. The van der Waals surface area contributed by atoms with E-state index >= 15 is 0 Å². The Labute approximate surface area is 202 Å². The first-order valence-corrected chi connectivity index (χ1v) is 12.3. The molecule has 172 valence electrons. The molecule has 0 radical (unpaired) electrons. The van der Waals surface area contributed by atoms with Crippen LogP contribution in [0.3, 0.4) is 0 Å². The summed E-state index contributed by atoms with van der Waals surface area (Å²) < 4.78 is 24.7. The van der Waals surface area contributed by atoms with Gasteiger partial charge in [0.2, 0.25) is 11.3 Å². The lowest BCUT2D eigenvalue weighted by atomic mass is 10.1. The number of halogens is 1. The van der Waals surface area contributed by atoms with E-state index in [2.05, 4.69) is 41.5 Å². The predicted octanol–water partition coefficient (Wildman–Crippen LogP) is 2.12. The van der Waals surface area contributed by atoms with Crippen molar-refractivity contribution in [3.05, 3.63) is 68.0 Å². The van der Waals surface area contributed by atoms with E-state index in [4.69, 9.17) is 4.55 Å². The highest BCUT2D eigenvalue weighted by molar-refractivity contribution is 9.10. The molecule has 3 aromatic rings. The summed E-state index contributed by atoms with van der Waals surface area (Å²) in [6, 6.07) is 13.6. The monoisotopic (exact) mass is 530 g/mol. The summed E-state index contributed by atoms with van der Waals surface area (Å²) in [7, 11) is 1.65. The van der Waals surface area contributed by atoms with Crippen LogP contribution >= 0.6 is 15.9 Å². The number of nitrogens with one attached hydrogen (secondary N) is 1. The first kappa shape index (κ1) is 23.5. The van der Waals surface area contributed by atoms with Crippen molar-refractivity contribution in [2.24, 2.45) is 7.05 Å². The molecule has 1 fully saturated rings. The number of nitriles is 1. The van der Waals surface area contributed by atoms with Gasteiger partial charge < -0.3 is 9.47 Å². The summed E-state index contributed by atoms with van der Waals surface area (Å²) in [5.74, 6) is 0. The van der Waals surface area contributed by atoms with Gasteiger partial charge in [0.15, 0.2) is 0 Å². The molecular formula is C22H23BrN6O3S. The molecule has 33 heavy (non-hydrogen) atoms. The second-order valence-electron chi connectivity index (χ2n) is 7.80. The largest absolute Gasteiger partial charge is 0.366 e. The third kappa shape index (κ3) is 5.00. The molecule has 9 nitrogen and oxygen atoms in total. The lowest BCUT2D eigenvalue weighted by Crippen LogP contribution is -2.47. The predicted molar refractivity (Wildman–Crippen MR) is 131 cm³/mol. The molecule has 3 heterocycles. The number of benzene rings is 1. The van der Waals surface area contributed by atoms with Crippen LogP contribution in [0.1, 0.15) is 16.7 Å². The molecule has 0 bridgehead atoms. The second-order valence-corrected chi connectivity index (χ2v) is 9.40. The van der Waals surface area contributed by atoms with Crippen LogP contribution in [0.5, 0.6) is 0 Å². The summed E-state index contributed by atoms with van der Waals surface area (Å²) in [5, 5.41) is 9.76. The molecule has 0 saturated carbocycles. The first-order valence-electron chi connectivity index (χ1n) is 10.4. The van der Waals surface area contributed by atoms with Crippen molar-refractivity contribution < 1.29 is 8.76 Å². The van der Waals surface area contributed by atoms with Crippen molar-refractivity contribution in [3.8, 4) is 6.07 Å². The molecule has 0 amide bonds. The van der Waals surface area contributed by atoms with Gasteiger partial charge in [-0.2, -0.15) is 5.26 Å². The quantitative estimate of drug-likeness (QED) is 0.370. The molecule has 2 aromatic heterocycles. The van der Waals surface area contributed by atoms with Gasteiger partial charge in [-0.25, -0.2) is 13.9 Å². The fourth-order valence-corrected chi connectivity index (χ4v) is 4.76. The standard InChI is InChI=1S/C22H23BrN6O3S/c1-27-18-6-7-19(23)26-20(18)21(17(12-24)22(27)30)29-10-8-28(9-11-29)14-16-5-3-2-4-15(16)13-25-33(31)32/h2-7,25H,8-11,13-14H2,1H3,(H,31,32). The van der Waals surface area contributed by atoms with Gasteiger partial charge in [-0.3, -0.25) is 14.2 Å². The molecule has 1 aliphatic heterocycles. The Hall–Kier alpha value is -2.62. The van der Waals surface area contributed by atoms with Gasteiger partial charge in [0.25, 0.3) is 5.56 Å². The van der Waals surface area contributed by atoms with Crippen LogP contribution in [0.2, 0.25) is 0 Å². The Morgan fingerprint density at radius 2 is 1.88 bits per heavy atom. The number of piperazine rings is 1. The van der Waals surface area contributed by atoms with E-state index in [1.165, 1.54) is 4.57 Å². The maximum atomic E-state index is 12.8. The molecule has 1 unspecified atom stereocenters. The SMILES string of the molecule is Cn1c(=O)c(C#N)c(N2CCN(Cc3ccccc3CNS(=O)O)CC2)c2nc(Br)ccc21. The van der Waals surface area contributed by atoms with Crippen LogP contribution in [-0.2, 0) is 31.4 Å². The van der Waals surface area contributed by atoms with Gasteiger partial charge >= 0.3 is 0 Å². The first-order chi connectivity index (χ1) is 15.9. The highest BCUT2D eigenvalue weighted by atomic mass is 79.9. The van der Waals surface area contributed by atoms with Crippen molar-refractivity contribution in [2.45, 2.75) is 13.1 Å². The van der Waals surface area contributed by atoms with E-state index < -0.39 is 11.3 Å². The Balaban J connectivity index is 1.57. The highest BCUT2D eigenvalue weighted by Gasteiger charge is 2.25. The molecular weight excluding hydrogens is 508 g/mol. The zero-order valence-corrected chi connectivity index (χ0v) is 20.4. The number of hydrogen-bond acceptors (Lipinski definition) is 6. The number of nitrogens with zero attached hydrogens (tertiary/aromatic N) is 5. The van der Waals surface area contributed by atoms with Crippen LogP contribution in [0, 0.1) is 11.3 Å². The molecule has 0 aliphatic carbocycles. The minimum atomic E-state index is -2.06. The zero-order chi connectivity index (χ0) is 23.5. The summed E-state index contributed by atoms with van der Waals surface area (Å²) in [6.07, 6.45) is 0. The number of aromatic nitrogens is 2. The van der Waals surface area contributed by atoms with Gasteiger partial charge in [-0.05, 0) is 39.2 Å². The minimum Gasteiger partial charge on any atom is -0.366 e. The molecule has 1 aromatic carbocycles. The Kier molecular flexibility index (Phi) is 7.21. The molecule has 11 heteroatoms. The smallest absolute Gasteiger partial charge is 0.270 e. The van der Waals surface area contributed by atoms with Gasteiger partial charge in [0.05, 0.1) is 11.2 Å². The van der Waals surface area contributed by atoms with Crippen LogP contribution in [0.4, 0.5) is 5.69 Å². The normalized spacial score (nSPS) is 15.5. The van der Waals surface area contributed by atoms with Crippen LogP contribution in [-0.4, -0.2) is 49.4 Å². The van der Waals surface area contributed by atoms with Crippen molar-refractivity contribution >= 4 is 43.9 Å². The maximum Gasteiger partial charge on any atom is 0.270 e. The third-order valence-corrected chi connectivity index (χ3v) is 6.71. The topological polar surface area (TPSA) is 114 Å². The van der Waals surface area contributed by atoms with E-state index in [1.807, 2.05) is 30.3 Å². The van der Waals surface area contributed by atoms with E-state index in [0.717, 1.165) is 24.2 Å². The van der Waals surface area contributed by atoms with Crippen LogP contribution < -0.4 is 15.2 Å². The number of aryl methyl sites for hydroxylation is 1. The Morgan fingerprint density at radius 3 is 2.55 bits per heavy atom. The van der Waals surface area contributed by atoms with E-state index in [1.54, 1.807) is 13.1 Å². The molecule has 4 rings (SSSR count). The minimum absolute atomic E-state index is 0.109. The van der Waals surface area contributed by atoms with Crippen LogP contribution in [0.25, 0.3) is 11.0 Å². The van der Waals surface area contributed by atoms with Crippen LogP contribution in [0.15, 0.2) is 45.8 Å². The number of fused-ring (bicyclic) bond motifs is 1. The zero-order valence-electron chi connectivity index (χ0n) is 18.0. The molecule has 0 spiro atoms. The lowest BCUT2D eigenvalue weighted by molar-refractivity contribution is 0.249. The van der Waals surface area contributed by atoms with Crippen molar-refractivity contribution in [2.75, 3.05) is 31.1 Å². The number of pyridine rings is 2. The third-order valence-electron chi connectivity index (χ3n) is 5.88. The highest BCUT2D eigenvalue weighted by Crippen LogP contribution is 2.29. The average molecular weight is 531 g/mol. The number of anilines is 1. The van der Waals surface area contributed by atoms with E-state index in [0.29, 0.717) is 47.5 Å². The van der Waals surface area contributed by atoms with Gasteiger partial charge in [-0.15, -0.1) is 0 Å². The summed E-state index contributed by atoms with van der Waals surface area (Å²) >= 11 is 1.35. The Bertz CT molecular complexity index is 1310. The Morgan fingerprint density at radius 1 is 1.18 bits per heavy atom. The fourth-order valence-electron chi connectivity index (χ4n) is 4.17. The summed E-state index contributed by atoms with van der Waals surface area (Å²) in [5.41, 5.74) is 3.75. The summed E-state index contributed by atoms with van der Waals surface area (Å²) in [6.45, 7) is 3.78. The lowest BCUT2D eigenvalue weighted by Gasteiger charge is -2.37. The van der Waals surface area contributed by atoms with Crippen molar-refractivity contribution in [3.63, 3.8) is 0 Å². The van der Waals surface area contributed by atoms with Gasteiger partial charge in [-0.1, -0.05) is 24.3 Å². The molecule has 2 N–H and O–H groups in total. The van der Waals surface area contributed by atoms with Crippen molar-refractivity contribution in [1.29, 1.82) is 5.26 Å². The molecule has 1 saturated heterocycles. The molecule has 1 atom stereocenters. The average Bonchev–Trinajstić information content (AvgIpc) is 2.81. The summed E-state index contributed by atoms with van der Waals surface area (Å²) in [4.78, 5) is 21.8. The maximum absolute atomic E-state index is 12.8. The van der Waals surface area contributed by atoms with Gasteiger partial charge in [0.1, 0.15) is 21.8 Å². The molecule has 1 aliphatic rings. The van der Waals surface area contributed by atoms with Gasteiger partial charge in [0, 0.05) is 46.3 Å². The van der Waals surface area contributed by atoms with Crippen molar-refractivity contribution in [1.82, 2.24) is 19.2 Å². The number of rotatable bonds is 6. The number of hydrogen-bond donors (Lipinski definition) is 2. The van der Waals surface area contributed by atoms with E-state index in [-0.39, 0.29) is 11.1 Å². The second kappa shape index (κ2) is 10.1.